The molecule has 1 N–H and O–H groups in total. The standard InChI is InChI=1S/C30H30N2O4S/c1-3-29(24-18-20-27(36-2)21-19-24)31-30(33)25-16-14-23(15-17-25)22-32(26-10-6-4-7-11-26)37(34,35)28-12-8-5-9-13-28/h4-21,29H,3,22H2,1-2H3,(H,31,33)/t29-/m0/s1. The number of carbonyl (C=O) groups excluding carboxylic acids is 1. The molecular formula is C30H30N2O4S. The average Bonchev–Trinajstić information content (AvgIpc) is 2.95. The summed E-state index contributed by atoms with van der Waals surface area (Å²) in [5.41, 5.74) is 2.84. The molecule has 0 unspecified atom stereocenters. The summed E-state index contributed by atoms with van der Waals surface area (Å²) in [5, 5.41) is 3.08. The number of carbonyl (C=O) groups is 1. The molecular weight excluding hydrogens is 484 g/mol. The highest BCUT2D eigenvalue weighted by Gasteiger charge is 2.25. The Morgan fingerprint density at radius 2 is 1.43 bits per heavy atom. The number of anilines is 1. The summed E-state index contributed by atoms with van der Waals surface area (Å²) < 4.78 is 33.6. The molecule has 7 heteroatoms. The monoisotopic (exact) mass is 514 g/mol. The summed E-state index contributed by atoms with van der Waals surface area (Å²) in [4.78, 5) is 13.2. The van der Waals surface area contributed by atoms with Gasteiger partial charge < -0.3 is 10.1 Å². The quantitative estimate of drug-likeness (QED) is 0.283. The molecule has 0 aliphatic carbocycles. The molecule has 0 aliphatic heterocycles. The summed E-state index contributed by atoms with van der Waals surface area (Å²) >= 11 is 0. The van der Waals surface area contributed by atoms with E-state index in [1.165, 1.54) is 4.31 Å². The average molecular weight is 515 g/mol. The van der Waals surface area contributed by atoms with E-state index in [4.69, 9.17) is 4.74 Å². The third-order valence-corrected chi connectivity index (χ3v) is 7.94. The fraction of sp³-hybridized carbons (Fsp3) is 0.167. The number of rotatable bonds is 10. The zero-order chi connectivity index (χ0) is 26.3. The van der Waals surface area contributed by atoms with E-state index >= 15 is 0 Å². The molecule has 1 amide bonds. The Labute approximate surface area is 218 Å². The van der Waals surface area contributed by atoms with Crippen LogP contribution in [-0.2, 0) is 16.6 Å². The van der Waals surface area contributed by atoms with E-state index in [0.29, 0.717) is 11.3 Å². The molecule has 0 spiro atoms. The van der Waals surface area contributed by atoms with Crippen molar-refractivity contribution in [2.24, 2.45) is 0 Å². The number of nitrogens with one attached hydrogen (secondary N) is 1. The van der Waals surface area contributed by atoms with Gasteiger partial charge in [0.2, 0.25) is 0 Å². The summed E-state index contributed by atoms with van der Waals surface area (Å²) in [6, 6.07) is 31.9. The van der Waals surface area contributed by atoms with E-state index in [1.807, 2.05) is 49.4 Å². The van der Waals surface area contributed by atoms with E-state index in [9.17, 15) is 13.2 Å². The molecule has 37 heavy (non-hydrogen) atoms. The van der Waals surface area contributed by atoms with Crippen molar-refractivity contribution >= 4 is 21.6 Å². The van der Waals surface area contributed by atoms with E-state index < -0.39 is 10.0 Å². The molecule has 0 heterocycles. The highest BCUT2D eigenvalue weighted by atomic mass is 32.2. The predicted molar refractivity (Wildman–Crippen MR) is 146 cm³/mol. The van der Waals surface area contributed by atoms with Crippen LogP contribution in [0.3, 0.4) is 0 Å². The fourth-order valence-corrected chi connectivity index (χ4v) is 5.53. The van der Waals surface area contributed by atoms with Crippen LogP contribution < -0.4 is 14.4 Å². The van der Waals surface area contributed by atoms with Gasteiger partial charge in [-0.1, -0.05) is 67.6 Å². The van der Waals surface area contributed by atoms with Gasteiger partial charge in [0.15, 0.2) is 0 Å². The molecule has 190 valence electrons. The van der Waals surface area contributed by atoms with Gasteiger partial charge in [-0.15, -0.1) is 0 Å². The minimum absolute atomic E-state index is 0.132. The van der Waals surface area contributed by atoms with E-state index in [2.05, 4.69) is 5.32 Å². The number of amides is 1. The van der Waals surface area contributed by atoms with E-state index in [1.54, 1.807) is 73.8 Å². The van der Waals surface area contributed by atoms with E-state index in [-0.39, 0.29) is 23.4 Å². The first kappa shape index (κ1) is 26.0. The van der Waals surface area contributed by atoms with Crippen molar-refractivity contribution in [3.05, 3.63) is 126 Å². The normalized spacial score (nSPS) is 11.9. The lowest BCUT2D eigenvalue weighted by atomic mass is 10.0. The largest absolute Gasteiger partial charge is 0.497 e. The van der Waals surface area contributed by atoms with Crippen molar-refractivity contribution < 1.29 is 17.9 Å². The van der Waals surface area contributed by atoms with Crippen molar-refractivity contribution in [3.8, 4) is 5.75 Å². The predicted octanol–water partition coefficient (Wildman–Crippen LogP) is 5.97. The molecule has 0 saturated heterocycles. The number of ether oxygens (including phenoxy) is 1. The maximum atomic E-state index is 13.5. The zero-order valence-electron chi connectivity index (χ0n) is 20.9. The molecule has 0 aliphatic rings. The molecule has 4 aromatic carbocycles. The number of para-hydroxylation sites is 1. The third kappa shape index (κ3) is 6.19. The van der Waals surface area contributed by atoms with Gasteiger partial charge >= 0.3 is 0 Å². The number of methoxy groups -OCH3 is 1. The van der Waals surface area contributed by atoms with Gasteiger partial charge in [-0.05, 0) is 66.1 Å². The molecule has 1 atom stereocenters. The summed E-state index contributed by atoms with van der Waals surface area (Å²) in [7, 11) is -2.17. The van der Waals surface area contributed by atoms with Gasteiger partial charge in [0.25, 0.3) is 15.9 Å². The maximum absolute atomic E-state index is 13.5. The second-order valence-corrected chi connectivity index (χ2v) is 10.4. The van der Waals surface area contributed by atoms with Gasteiger partial charge in [0.1, 0.15) is 5.75 Å². The number of hydrogen-bond donors (Lipinski definition) is 1. The summed E-state index contributed by atoms with van der Waals surface area (Å²) in [5.74, 6) is 0.574. The molecule has 6 nitrogen and oxygen atoms in total. The third-order valence-electron chi connectivity index (χ3n) is 6.15. The first-order valence-electron chi connectivity index (χ1n) is 12.1. The zero-order valence-corrected chi connectivity index (χ0v) is 21.7. The van der Waals surface area contributed by atoms with Gasteiger partial charge in [-0.2, -0.15) is 0 Å². The molecule has 0 saturated carbocycles. The van der Waals surface area contributed by atoms with Crippen LogP contribution in [0.4, 0.5) is 5.69 Å². The minimum Gasteiger partial charge on any atom is -0.497 e. The second kappa shape index (κ2) is 11.8. The molecule has 0 bridgehead atoms. The smallest absolute Gasteiger partial charge is 0.264 e. The number of nitrogens with zero attached hydrogens (tertiary/aromatic N) is 1. The highest BCUT2D eigenvalue weighted by molar-refractivity contribution is 7.92. The Morgan fingerprint density at radius 3 is 2.00 bits per heavy atom. The van der Waals surface area contributed by atoms with Gasteiger partial charge in [0.05, 0.1) is 30.3 Å². The first-order chi connectivity index (χ1) is 17.9. The molecule has 0 radical (unpaired) electrons. The number of hydrogen-bond acceptors (Lipinski definition) is 4. The minimum atomic E-state index is -3.79. The Hall–Kier alpha value is -4.10. The van der Waals surface area contributed by atoms with Crippen molar-refractivity contribution in [1.29, 1.82) is 0 Å². The van der Waals surface area contributed by atoms with Gasteiger partial charge in [-0.25, -0.2) is 8.42 Å². The van der Waals surface area contributed by atoms with E-state index in [0.717, 1.165) is 23.3 Å². The molecule has 4 rings (SSSR count). The van der Waals surface area contributed by atoms with Crippen molar-refractivity contribution in [2.45, 2.75) is 30.8 Å². The number of benzene rings is 4. The fourth-order valence-electron chi connectivity index (χ4n) is 4.06. The SMILES string of the molecule is CC[C@H](NC(=O)c1ccc(CN(c2ccccc2)S(=O)(=O)c2ccccc2)cc1)c1ccc(OC)cc1. The van der Waals surface area contributed by atoms with Crippen LogP contribution in [0.1, 0.15) is 40.9 Å². The lowest BCUT2D eigenvalue weighted by Crippen LogP contribution is -2.30. The first-order valence-corrected chi connectivity index (χ1v) is 13.5. The lowest BCUT2D eigenvalue weighted by molar-refractivity contribution is 0.0935. The Bertz CT molecular complexity index is 1410. The second-order valence-electron chi connectivity index (χ2n) is 8.56. The van der Waals surface area contributed by atoms with Crippen molar-refractivity contribution in [3.63, 3.8) is 0 Å². The summed E-state index contributed by atoms with van der Waals surface area (Å²) in [6.45, 7) is 2.15. The molecule has 0 aromatic heterocycles. The Balaban J connectivity index is 1.52. The number of sulfonamides is 1. The van der Waals surface area contributed by atoms with Crippen molar-refractivity contribution in [2.75, 3.05) is 11.4 Å². The maximum Gasteiger partial charge on any atom is 0.264 e. The van der Waals surface area contributed by atoms with Crippen LogP contribution in [0.5, 0.6) is 5.75 Å². The van der Waals surface area contributed by atoms with Crippen molar-refractivity contribution in [1.82, 2.24) is 5.32 Å². The lowest BCUT2D eigenvalue weighted by Gasteiger charge is -2.25. The van der Waals surface area contributed by atoms with Crippen LogP contribution in [0.25, 0.3) is 0 Å². The molecule has 4 aromatic rings. The topological polar surface area (TPSA) is 75.7 Å². The van der Waals surface area contributed by atoms with Crippen LogP contribution in [0, 0.1) is 0 Å². The van der Waals surface area contributed by atoms with Crippen LogP contribution in [0.15, 0.2) is 114 Å². The van der Waals surface area contributed by atoms with Crippen LogP contribution >= 0.6 is 0 Å². The summed E-state index contributed by atoms with van der Waals surface area (Å²) in [6.07, 6.45) is 0.736. The van der Waals surface area contributed by atoms with Crippen LogP contribution in [-0.4, -0.2) is 21.4 Å². The Kier molecular flexibility index (Phi) is 8.25. The Morgan fingerprint density at radius 1 is 0.838 bits per heavy atom. The van der Waals surface area contributed by atoms with Crippen LogP contribution in [0.2, 0.25) is 0 Å². The molecule has 0 fully saturated rings. The van der Waals surface area contributed by atoms with Gasteiger partial charge in [-0.3, -0.25) is 9.10 Å². The highest BCUT2D eigenvalue weighted by Crippen LogP contribution is 2.26. The van der Waals surface area contributed by atoms with Gasteiger partial charge in [0, 0.05) is 5.56 Å².